The fourth-order valence-corrected chi connectivity index (χ4v) is 2.89. The number of hydrogen-bond donors (Lipinski definition) is 3. The van der Waals surface area contributed by atoms with Gasteiger partial charge in [-0.1, -0.05) is 43.2 Å². The molecular formula is C16H24N2O2. The molecule has 1 fully saturated rings. The van der Waals surface area contributed by atoms with Gasteiger partial charge in [-0.2, -0.15) is 0 Å². The van der Waals surface area contributed by atoms with E-state index in [1.54, 1.807) is 0 Å². The van der Waals surface area contributed by atoms with Crippen LogP contribution >= 0.6 is 0 Å². The van der Waals surface area contributed by atoms with E-state index in [1.807, 2.05) is 30.3 Å². The van der Waals surface area contributed by atoms with Gasteiger partial charge in [0.25, 0.3) is 0 Å². The van der Waals surface area contributed by atoms with Crippen LogP contribution < -0.4 is 11.1 Å². The zero-order valence-electron chi connectivity index (χ0n) is 11.8. The zero-order valence-corrected chi connectivity index (χ0v) is 11.8. The zero-order chi connectivity index (χ0) is 14.4. The second-order valence-corrected chi connectivity index (χ2v) is 5.86. The highest BCUT2D eigenvalue weighted by Crippen LogP contribution is 2.36. The maximum atomic E-state index is 12.0. The molecule has 0 radical (unpaired) electrons. The van der Waals surface area contributed by atoms with Crippen molar-refractivity contribution in [3.8, 4) is 0 Å². The Labute approximate surface area is 120 Å². The number of aliphatic hydroxyl groups excluding tert-OH is 1. The molecule has 1 aromatic rings. The Morgan fingerprint density at radius 2 is 1.95 bits per heavy atom. The number of benzene rings is 1. The van der Waals surface area contributed by atoms with Gasteiger partial charge in [0.05, 0.1) is 6.61 Å². The minimum atomic E-state index is -0.273. The van der Waals surface area contributed by atoms with Crippen molar-refractivity contribution < 1.29 is 9.90 Å². The van der Waals surface area contributed by atoms with Crippen LogP contribution in [0.25, 0.3) is 0 Å². The van der Waals surface area contributed by atoms with E-state index >= 15 is 0 Å². The number of aliphatic hydroxyl groups is 1. The van der Waals surface area contributed by atoms with Crippen LogP contribution in [0.5, 0.6) is 0 Å². The van der Waals surface area contributed by atoms with Crippen LogP contribution in [0.1, 0.15) is 43.7 Å². The van der Waals surface area contributed by atoms with E-state index in [-0.39, 0.29) is 30.4 Å². The standard InChI is InChI=1S/C16H24N2O2/c17-14(13-6-2-1-3-7-13)10-15(20)18-11-16(12-19)8-4-5-9-16/h1-3,6-7,14,19H,4-5,8-12,17H2,(H,18,20). The third-order valence-electron chi connectivity index (χ3n) is 4.29. The lowest BCUT2D eigenvalue weighted by Gasteiger charge is -2.26. The highest BCUT2D eigenvalue weighted by Gasteiger charge is 2.33. The number of carbonyl (C=O) groups excluding carboxylic acids is 1. The van der Waals surface area contributed by atoms with E-state index in [1.165, 1.54) is 0 Å². The van der Waals surface area contributed by atoms with Crippen molar-refractivity contribution in [2.75, 3.05) is 13.2 Å². The number of nitrogens with two attached hydrogens (primary N) is 1. The summed E-state index contributed by atoms with van der Waals surface area (Å²) in [6, 6.07) is 9.37. The van der Waals surface area contributed by atoms with Crippen molar-refractivity contribution in [3.05, 3.63) is 35.9 Å². The summed E-state index contributed by atoms with van der Waals surface area (Å²) in [6.45, 7) is 0.710. The Bertz CT molecular complexity index is 427. The third-order valence-corrected chi connectivity index (χ3v) is 4.29. The Morgan fingerprint density at radius 3 is 2.55 bits per heavy atom. The van der Waals surface area contributed by atoms with Gasteiger partial charge in [0, 0.05) is 24.4 Å². The monoisotopic (exact) mass is 276 g/mol. The number of hydrogen-bond acceptors (Lipinski definition) is 3. The molecule has 0 spiro atoms. The third kappa shape index (κ3) is 3.81. The average molecular weight is 276 g/mol. The smallest absolute Gasteiger partial charge is 0.221 e. The van der Waals surface area contributed by atoms with Crippen molar-refractivity contribution >= 4 is 5.91 Å². The largest absolute Gasteiger partial charge is 0.396 e. The molecule has 4 N–H and O–H groups in total. The molecule has 1 aliphatic carbocycles. The first-order valence-electron chi connectivity index (χ1n) is 7.33. The lowest BCUT2D eigenvalue weighted by atomic mass is 9.87. The summed E-state index contributed by atoms with van der Waals surface area (Å²) in [6.07, 6.45) is 4.55. The number of nitrogens with one attached hydrogen (secondary N) is 1. The number of carbonyl (C=O) groups is 1. The summed E-state index contributed by atoms with van der Waals surface area (Å²) in [5.41, 5.74) is 6.90. The molecule has 1 atom stereocenters. The molecular weight excluding hydrogens is 252 g/mol. The molecule has 0 saturated heterocycles. The molecule has 0 heterocycles. The first-order valence-corrected chi connectivity index (χ1v) is 7.33. The lowest BCUT2D eigenvalue weighted by Crippen LogP contribution is -2.39. The summed E-state index contributed by atoms with van der Waals surface area (Å²) in [4.78, 5) is 12.0. The van der Waals surface area contributed by atoms with Crippen molar-refractivity contribution in [1.29, 1.82) is 0 Å². The summed E-state index contributed by atoms with van der Waals surface area (Å²) in [7, 11) is 0. The maximum Gasteiger partial charge on any atom is 0.221 e. The number of rotatable bonds is 6. The van der Waals surface area contributed by atoms with E-state index in [2.05, 4.69) is 5.32 Å². The fourth-order valence-electron chi connectivity index (χ4n) is 2.89. The molecule has 1 aromatic carbocycles. The van der Waals surface area contributed by atoms with Crippen LogP contribution in [-0.2, 0) is 4.79 Å². The van der Waals surface area contributed by atoms with Gasteiger partial charge in [-0.3, -0.25) is 4.79 Å². The Balaban J connectivity index is 1.81. The molecule has 0 bridgehead atoms. The van der Waals surface area contributed by atoms with Crippen LogP contribution in [0.2, 0.25) is 0 Å². The van der Waals surface area contributed by atoms with E-state index in [4.69, 9.17) is 5.73 Å². The highest BCUT2D eigenvalue weighted by molar-refractivity contribution is 5.76. The predicted molar refractivity (Wildman–Crippen MR) is 79.0 cm³/mol. The van der Waals surface area contributed by atoms with Gasteiger partial charge in [-0.15, -0.1) is 0 Å². The van der Waals surface area contributed by atoms with Gasteiger partial charge in [0.2, 0.25) is 5.91 Å². The van der Waals surface area contributed by atoms with E-state index in [9.17, 15) is 9.90 Å². The van der Waals surface area contributed by atoms with Gasteiger partial charge in [0.15, 0.2) is 0 Å². The second-order valence-electron chi connectivity index (χ2n) is 5.86. The molecule has 110 valence electrons. The quantitative estimate of drug-likeness (QED) is 0.741. The average Bonchev–Trinajstić information content (AvgIpc) is 2.95. The molecule has 0 aromatic heterocycles. The van der Waals surface area contributed by atoms with Crippen LogP contribution in [0.4, 0.5) is 0 Å². The molecule has 4 nitrogen and oxygen atoms in total. The molecule has 4 heteroatoms. The summed E-state index contributed by atoms with van der Waals surface area (Å²) in [5.74, 6) is -0.0407. The minimum Gasteiger partial charge on any atom is -0.396 e. The Kier molecular flexibility index (Phi) is 5.15. The molecule has 0 aliphatic heterocycles. The normalized spacial score (nSPS) is 18.7. The second kappa shape index (κ2) is 6.86. The van der Waals surface area contributed by atoms with Crippen LogP contribution in [0.15, 0.2) is 30.3 Å². The number of amides is 1. The fraction of sp³-hybridized carbons (Fsp3) is 0.562. The maximum absolute atomic E-state index is 12.0. The van der Waals surface area contributed by atoms with Crippen molar-refractivity contribution in [2.24, 2.45) is 11.1 Å². The van der Waals surface area contributed by atoms with Crippen LogP contribution in [0.3, 0.4) is 0 Å². The molecule has 2 rings (SSSR count). The van der Waals surface area contributed by atoms with Gasteiger partial charge < -0.3 is 16.2 Å². The van der Waals surface area contributed by atoms with E-state index in [0.717, 1.165) is 31.2 Å². The van der Waals surface area contributed by atoms with Gasteiger partial charge in [-0.05, 0) is 18.4 Å². The van der Waals surface area contributed by atoms with Crippen molar-refractivity contribution in [1.82, 2.24) is 5.32 Å². The molecule has 1 unspecified atom stereocenters. The van der Waals surface area contributed by atoms with Crippen molar-refractivity contribution in [2.45, 2.75) is 38.1 Å². The van der Waals surface area contributed by atoms with Crippen molar-refractivity contribution in [3.63, 3.8) is 0 Å². The van der Waals surface area contributed by atoms with Gasteiger partial charge in [-0.25, -0.2) is 0 Å². The van der Waals surface area contributed by atoms with Crippen LogP contribution in [0, 0.1) is 5.41 Å². The van der Waals surface area contributed by atoms with E-state index < -0.39 is 0 Å². The van der Waals surface area contributed by atoms with Crippen LogP contribution in [-0.4, -0.2) is 24.2 Å². The van der Waals surface area contributed by atoms with Gasteiger partial charge in [0.1, 0.15) is 0 Å². The Morgan fingerprint density at radius 1 is 1.30 bits per heavy atom. The molecule has 1 saturated carbocycles. The Hall–Kier alpha value is -1.39. The summed E-state index contributed by atoms with van der Waals surface area (Å²) >= 11 is 0. The topological polar surface area (TPSA) is 75.4 Å². The molecule has 1 amide bonds. The van der Waals surface area contributed by atoms with Gasteiger partial charge >= 0.3 is 0 Å². The minimum absolute atomic E-state index is 0.0407. The van der Waals surface area contributed by atoms with E-state index in [0.29, 0.717) is 6.54 Å². The summed E-state index contributed by atoms with van der Waals surface area (Å²) in [5, 5.41) is 12.5. The lowest BCUT2D eigenvalue weighted by molar-refractivity contribution is -0.122. The predicted octanol–water partition coefficient (Wildman–Crippen LogP) is 1.75. The molecule has 20 heavy (non-hydrogen) atoms. The molecule has 1 aliphatic rings. The first kappa shape index (κ1) is 15.0. The summed E-state index contributed by atoms with van der Waals surface area (Å²) < 4.78 is 0. The first-order chi connectivity index (χ1) is 9.65. The highest BCUT2D eigenvalue weighted by atomic mass is 16.3. The SMILES string of the molecule is NC(CC(=O)NCC1(CO)CCCC1)c1ccccc1.